The fourth-order valence-corrected chi connectivity index (χ4v) is 2.63. The number of nitrogens with zero attached hydrogens (tertiary/aromatic N) is 1. The minimum Gasteiger partial charge on any atom is -0.478 e. The van der Waals surface area contributed by atoms with E-state index in [1.54, 1.807) is 18.2 Å². The Kier molecular flexibility index (Phi) is 4.93. The molecule has 1 aromatic carbocycles. The fourth-order valence-electron chi connectivity index (χ4n) is 2.63. The zero-order chi connectivity index (χ0) is 13.7. The number of carbonyl (C=O) groups is 1. The van der Waals surface area contributed by atoms with Crippen LogP contribution >= 0.6 is 0 Å². The first-order valence-electron chi connectivity index (χ1n) is 6.84. The van der Waals surface area contributed by atoms with Gasteiger partial charge in [-0.05, 0) is 56.0 Å². The van der Waals surface area contributed by atoms with Crippen molar-refractivity contribution in [1.82, 2.24) is 4.90 Å². The number of rotatable bonds is 4. The van der Waals surface area contributed by atoms with E-state index < -0.39 is 5.97 Å². The maximum atomic E-state index is 10.9. The predicted octanol–water partition coefficient (Wildman–Crippen LogP) is 1.98. The van der Waals surface area contributed by atoms with Gasteiger partial charge in [-0.3, -0.25) is 4.90 Å². The summed E-state index contributed by atoms with van der Waals surface area (Å²) in [7, 11) is 0. The van der Waals surface area contributed by atoms with Crippen LogP contribution in [0.15, 0.2) is 24.3 Å². The van der Waals surface area contributed by atoms with Crippen molar-refractivity contribution in [2.24, 2.45) is 5.92 Å². The lowest BCUT2D eigenvalue weighted by Crippen LogP contribution is -2.24. The molecule has 1 fully saturated rings. The first-order valence-corrected chi connectivity index (χ1v) is 6.84. The number of aliphatic hydroxyl groups is 1. The fraction of sp³-hybridized carbons (Fsp3) is 0.533. The topological polar surface area (TPSA) is 60.8 Å². The summed E-state index contributed by atoms with van der Waals surface area (Å²) in [5, 5.41) is 18.2. The first-order chi connectivity index (χ1) is 9.19. The van der Waals surface area contributed by atoms with E-state index in [1.807, 2.05) is 6.07 Å². The van der Waals surface area contributed by atoms with Crippen molar-refractivity contribution in [1.29, 1.82) is 0 Å². The molecular weight excluding hydrogens is 242 g/mol. The van der Waals surface area contributed by atoms with Crippen LogP contribution in [-0.4, -0.2) is 40.8 Å². The Balaban J connectivity index is 1.97. The predicted molar refractivity (Wildman–Crippen MR) is 73.1 cm³/mol. The highest BCUT2D eigenvalue weighted by Gasteiger charge is 2.16. The SMILES string of the molecule is O=C(O)c1cccc(CN2CCCC(CO)CC2)c1. The lowest BCUT2D eigenvalue weighted by Gasteiger charge is -2.20. The summed E-state index contributed by atoms with van der Waals surface area (Å²) in [5.41, 5.74) is 1.39. The third-order valence-electron chi connectivity index (χ3n) is 3.78. The molecule has 0 radical (unpaired) electrons. The molecule has 19 heavy (non-hydrogen) atoms. The maximum Gasteiger partial charge on any atom is 0.335 e. The van der Waals surface area contributed by atoms with E-state index in [4.69, 9.17) is 5.11 Å². The number of carboxylic acids is 1. The van der Waals surface area contributed by atoms with E-state index in [-0.39, 0.29) is 6.61 Å². The van der Waals surface area contributed by atoms with Gasteiger partial charge in [0.1, 0.15) is 0 Å². The molecule has 0 aliphatic carbocycles. The number of hydrogen-bond acceptors (Lipinski definition) is 3. The zero-order valence-corrected chi connectivity index (χ0v) is 11.1. The molecule has 4 heteroatoms. The third-order valence-corrected chi connectivity index (χ3v) is 3.78. The van der Waals surface area contributed by atoms with Crippen LogP contribution < -0.4 is 0 Å². The first kappa shape index (κ1) is 14.0. The quantitative estimate of drug-likeness (QED) is 0.872. The average Bonchev–Trinajstić information content (AvgIpc) is 2.64. The second-order valence-electron chi connectivity index (χ2n) is 5.26. The Morgan fingerprint density at radius 3 is 2.89 bits per heavy atom. The molecule has 1 aromatic rings. The highest BCUT2D eigenvalue weighted by atomic mass is 16.4. The van der Waals surface area contributed by atoms with Crippen molar-refractivity contribution >= 4 is 5.97 Å². The molecule has 1 aliphatic rings. The van der Waals surface area contributed by atoms with Crippen LogP contribution in [0.2, 0.25) is 0 Å². The van der Waals surface area contributed by atoms with Crippen LogP contribution in [0.1, 0.15) is 35.2 Å². The number of likely N-dealkylation sites (tertiary alicyclic amines) is 1. The molecule has 0 aromatic heterocycles. The number of benzene rings is 1. The second kappa shape index (κ2) is 6.68. The Hall–Kier alpha value is -1.39. The minimum atomic E-state index is -0.877. The van der Waals surface area contributed by atoms with Gasteiger partial charge in [-0.1, -0.05) is 12.1 Å². The molecule has 4 nitrogen and oxygen atoms in total. The normalized spacial score (nSPS) is 21.0. The van der Waals surface area contributed by atoms with E-state index >= 15 is 0 Å². The molecule has 104 valence electrons. The van der Waals surface area contributed by atoms with Crippen molar-refractivity contribution < 1.29 is 15.0 Å². The standard InChI is InChI=1S/C15H21NO3/c17-11-12-4-2-7-16(8-6-12)10-13-3-1-5-14(9-13)15(18)19/h1,3,5,9,12,17H,2,4,6-8,10-11H2,(H,18,19). The Morgan fingerprint density at radius 1 is 1.32 bits per heavy atom. The molecule has 1 atom stereocenters. The molecule has 0 spiro atoms. The number of aliphatic hydroxyl groups excluding tert-OH is 1. The van der Waals surface area contributed by atoms with E-state index in [2.05, 4.69) is 4.90 Å². The van der Waals surface area contributed by atoms with E-state index in [0.29, 0.717) is 11.5 Å². The Labute approximate surface area is 113 Å². The molecule has 0 saturated carbocycles. The molecule has 0 bridgehead atoms. The number of aromatic carboxylic acids is 1. The van der Waals surface area contributed by atoms with Gasteiger partial charge in [-0.15, -0.1) is 0 Å². The smallest absolute Gasteiger partial charge is 0.335 e. The van der Waals surface area contributed by atoms with E-state index in [1.165, 1.54) is 0 Å². The lowest BCUT2D eigenvalue weighted by atomic mass is 10.0. The second-order valence-corrected chi connectivity index (χ2v) is 5.26. The number of carboxylic acid groups (broad SMARTS) is 1. The molecule has 1 aliphatic heterocycles. The van der Waals surface area contributed by atoms with Crippen molar-refractivity contribution in [2.75, 3.05) is 19.7 Å². The molecule has 1 saturated heterocycles. The largest absolute Gasteiger partial charge is 0.478 e. The van der Waals surface area contributed by atoms with Gasteiger partial charge in [-0.25, -0.2) is 4.79 Å². The van der Waals surface area contributed by atoms with E-state index in [9.17, 15) is 9.90 Å². The summed E-state index contributed by atoms with van der Waals surface area (Å²) in [4.78, 5) is 13.3. The monoisotopic (exact) mass is 263 g/mol. The van der Waals surface area contributed by atoms with Gasteiger partial charge in [0.15, 0.2) is 0 Å². The summed E-state index contributed by atoms with van der Waals surface area (Å²) in [6, 6.07) is 7.14. The molecule has 0 amide bonds. The van der Waals surface area contributed by atoms with Crippen molar-refractivity contribution in [3.05, 3.63) is 35.4 Å². The summed E-state index contributed by atoms with van der Waals surface area (Å²) in [6.07, 6.45) is 3.21. The summed E-state index contributed by atoms with van der Waals surface area (Å²) >= 11 is 0. The summed E-state index contributed by atoms with van der Waals surface area (Å²) in [6.45, 7) is 3.07. The van der Waals surface area contributed by atoms with Gasteiger partial charge in [-0.2, -0.15) is 0 Å². The van der Waals surface area contributed by atoms with Crippen LogP contribution in [0.25, 0.3) is 0 Å². The van der Waals surface area contributed by atoms with Gasteiger partial charge < -0.3 is 10.2 Å². The van der Waals surface area contributed by atoms with Gasteiger partial charge in [0.2, 0.25) is 0 Å². The third kappa shape index (κ3) is 4.04. The highest BCUT2D eigenvalue weighted by molar-refractivity contribution is 5.87. The van der Waals surface area contributed by atoms with Crippen molar-refractivity contribution in [2.45, 2.75) is 25.8 Å². The summed E-state index contributed by atoms with van der Waals surface area (Å²) < 4.78 is 0. The highest BCUT2D eigenvalue weighted by Crippen LogP contribution is 2.18. The van der Waals surface area contributed by atoms with Gasteiger partial charge >= 0.3 is 5.97 Å². The molecule has 2 rings (SSSR count). The Bertz CT molecular complexity index is 433. The van der Waals surface area contributed by atoms with Crippen LogP contribution in [0, 0.1) is 5.92 Å². The van der Waals surface area contributed by atoms with Gasteiger partial charge in [0, 0.05) is 13.2 Å². The number of hydrogen-bond donors (Lipinski definition) is 2. The maximum absolute atomic E-state index is 10.9. The Morgan fingerprint density at radius 2 is 2.16 bits per heavy atom. The molecular formula is C15H21NO3. The van der Waals surface area contributed by atoms with Crippen molar-refractivity contribution in [3.8, 4) is 0 Å². The molecule has 2 N–H and O–H groups in total. The summed E-state index contributed by atoms with van der Waals surface area (Å²) in [5.74, 6) is -0.451. The van der Waals surface area contributed by atoms with Crippen molar-refractivity contribution in [3.63, 3.8) is 0 Å². The van der Waals surface area contributed by atoms with E-state index in [0.717, 1.165) is 44.5 Å². The molecule has 1 unspecified atom stereocenters. The van der Waals surface area contributed by atoms with Crippen LogP contribution in [0.5, 0.6) is 0 Å². The van der Waals surface area contributed by atoms with Crippen LogP contribution in [0.3, 0.4) is 0 Å². The van der Waals surface area contributed by atoms with Gasteiger partial charge in [0.05, 0.1) is 5.56 Å². The van der Waals surface area contributed by atoms with Crippen LogP contribution in [-0.2, 0) is 6.54 Å². The average molecular weight is 263 g/mol. The molecule has 1 heterocycles. The zero-order valence-electron chi connectivity index (χ0n) is 11.1. The van der Waals surface area contributed by atoms with Gasteiger partial charge in [0.25, 0.3) is 0 Å². The lowest BCUT2D eigenvalue weighted by molar-refractivity contribution is 0.0696. The minimum absolute atomic E-state index is 0.280. The van der Waals surface area contributed by atoms with Crippen LogP contribution in [0.4, 0.5) is 0 Å².